The fraction of sp³-hybridized carbons (Fsp3) is 0.400. The van der Waals surface area contributed by atoms with Crippen molar-refractivity contribution >= 4 is 23.4 Å². The number of hydrogen-bond acceptors (Lipinski definition) is 5. The summed E-state index contributed by atoms with van der Waals surface area (Å²) in [4.78, 5) is 21.3. The Morgan fingerprint density at radius 3 is 2.54 bits per heavy atom. The zero-order valence-electron chi connectivity index (χ0n) is 14.7. The summed E-state index contributed by atoms with van der Waals surface area (Å²) in [7, 11) is 0. The van der Waals surface area contributed by atoms with Crippen molar-refractivity contribution in [3.8, 4) is 5.88 Å². The normalized spacial score (nSPS) is 20.2. The number of anilines is 1. The average molecular weight is 369 g/mol. The molecule has 0 bridgehead atoms. The van der Waals surface area contributed by atoms with Crippen LogP contribution in [-0.4, -0.2) is 59.6 Å². The van der Waals surface area contributed by atoms with Gasteiger partial charge < -0.3 is 14.5 Å². The largest absolute Gasteiger partial charge is 0.473 e. The minimum atomic E-state index is 0.0492. The second-order valence-electron chi connectivity index (χ2n) is 6.60. The molecule has 1 unspecified atom stereocenters. The van der Waals surface area contributed by atoms with E-state index in [4.69, 9.17) is 4.74 Å². The van der Waals surface area contributed by atoms with E-state index in [0.717, 1.165) is 44.1 Å². The Hall–Kier alpha value is -2.21. The van der Waals surface area contributed by atoms with E-state index in [1.54, 1.807) is 6.20 Å². The molecule has 2 aliphatic heterocycles. The molecule has 4 rings (SSSR count). The number of thioether (sulfide) groups is 1. The van der Waals surface area contributed by atoms with Gasteiger partial charge >= 0.3 is 0 Å². The molecule has 2 saturated heterocycles. The molecule has 0 N–H and O–H groups in total. The molecule has 1 aromatic heterocycles. The van der Waals surface area contributed by atoms with Gasteiger partial charge in [-0.1, -0.05) is 18.2 Å². The van der Waals surface area contributed by atoms with E-state index < -0.39 is 0 Å². The molecular formula is C20H23N3O2S. The Kier molecular flexibility index (Phi) is 5.29. The van der Waals surface area contributed by atoms with Crippen LogP contribution in [0.1, 0.15) is 16.8 Å². The predicted octanol–water partition coefficient (Wildman–Crippen LogP) is 2.93. The molecule has 0 aliphatic carbocycles. The van der Waals surface area contributed by atoms with Gasteiger partial charge in [0.1, 0.15) is 6.10 Å². The lowest BCUT2D eigenvalue weighted by molar-refractivity contribution is 0.0746. The Bertz CT molecular complexity index is 724. The third-order valence-corrected chi connectivity index (χ3v) is 5.98. The Labute approximate surface area is 158 Å². The van der Waals surface area contributed by atoms with Crippen LogP contribution in [0.2, 0.25) is 0 Å². The number of rotatable bonds is 4. The summed E-state index contributed by atoms with van der Waals surface area (Å²) in [5.41, 5.74) is 1.85. The first-order valence-electron chi connectivity index (χ1n) is 9.09. The van der Waals surface area contributed by atoms with Gasteiger partial charge in [0.25, 0.3) is 5.91 Å². The summed E-state index contributed by atoms with van der Waals surface area (Å²) in [6, 6.07) is 14.0. The minimum absolute atomic E-state index is 0.0492. The number of nitrogens with zero attached hydrogens (tertiary/aromatic N) is 3. The first-order valence-corrected chi connectivity index (χ1v) is 10.2. The molecule has 2 aliphatic rings. The van der Waals surface area contributed by atoms with Gasteiger partial charge in [-0.3, -0.25) is 4.79 Å². The highest BCUT2D eigenvalue weighted by Gasteiger charge is 2.23. The quantitative estimate of drug-likeness (QED) is 0.829. The molecule has 0 radical (unpaired) electrons. The number of amides is 1. The van der Waals surface area contributed by atoms with Crippen LogP contribution in [0.4, 0.5) is 5.69 Å². The first-order chi connectivity index (χ1) is 12.8. The van der Waals surface area contributed by atoms with Crippen LogP contribution in [0.25, 0.3) is 0 Å². The van der Waals surface area contributed by atoms with Crippen molar-refractivity contribution in [3.05, 3.63) is 54.2 Å². The molecule has 6 heteroatoms. The van der Waals surface area contributed by atoms with E-state index in [-0.39, 0.29) is 12.0 Å². The van der Waals surface area contributed by atoms with Crippen molar-refractivity contribution in [2.75, 3.05) is 42.6 Å². The van der Waals surface area contributed by atoms with E-state index in [2.05, 4.69) is 22.0 Å². The van der Waals surface area contributed by atoms with Crippen LogP contribution in [-0.2, 0) is 0 Å². The monoisotopic (exact) mass is 369 g/mol. The van der Waals surface area contributed by atoms with Gasteiger partial charge in [0.15, 0.2) is 0 Å². The van der Waals surface area contributed by atoms with Crippen LogP contribution in [0.15, 0.2) is 48.7 Å². The van der Waals surface area contributed by atoms with Crippen molar-refractivity contribution < 1.29 is 9.53 Å². The summed E-state index contributed by atoms with van der Waals surface area (Å²) in [6.07, 6.45) is 2.96. The van der Waals surface area contributed by atoms with Gasteiger partial charge in [-0.25, -0.2) is 4.98 Å². The summed E-state index contributed by atoms with van der Waals surface area (Å²) in [5, 5.41) is 0. The molecule has 3 heterocycles. The second-order valence-corrected chi connectivity index (χ2v) is 7.75. The van der Waals surface area contributed by atoms with Crippen LogP contribution >= 0.6 is 11.8 Å². The topological polar surface area (TPSA) is 45.7 Å². The molecule has 0 saturated carbocycles. The van der Waals surface area contributed by atoms with Gasteiger partial charge in [0.05, 0.1) is 5.56 Å². The number of para-hydroxylation sites is 1. The highest BCUT2D eigenvalue weighted by molar-refractivity contribution is 7.99. The van der Waals surface area contributed by atoms with Crippen LogP contribution < -0.4 is 9.64 Å². The number of hydrogen-bond donors (Lipinski definition) is 0. The number of piperazine rings is 1. The fourth-order valence-electron chi connectivity index (χ4n) is 3.34. The van der Waals surface area contributed by atoms with E-state index >= 15 is 0 Å². The zero-order valence-corrected chi connectivity index (χ0v) is 15.5. The maximum atomic E-state index is 12.7. The van der Waals surface area contributed by atoms with Crippen LogP contribution in [0, 0.1) is 0 Å². The average Bonchev–Trinajstić information content (AvgIpc) is 3.22. The highest BCUT2D eigenvalue weighted by Crippen LogP contribution is 2.22. The van der Waals surface area contributed by atoms with Crippen molar-refractivity contribution in [1.29, 1.82) is 0 Å². The number of benzene rings is 1. The SMILES string of the molecule is O=C(c1ccc(OC2CCSC2)nc1)N1CCN(c2ccccc2)CC1. The summed E-state index contributed by atoms with van der Waals surface area (Å²) in [5.74, 6) is 2.83. The molecule has 0 spiro atoms. The van der Waals surface area contributed by atoms with E-state index in [0.29, 0.717) is 11.4 Å². The van der Waals surface area contributed by atoms with Crippen molar-refractivity contribution in [2.24, 2.45) is 0 Å². The Morgan fingerprint density at radius 2 is 1.88 bits per heavy atom. The van der Waals surface area contributed by atoms with E-state index in [1.165, 1.54) is 5.69 Å². The Morgan fingerprint density at radius 1 is 1.08 bits per heavy atom. The number of ether oxygens (including phenoxy) is 1. The molecule has 1 amide bonds. The molecule has 1 aromatic carbocycles. The molecule has 26 heavy (non-hydrogen) atoms. The van der Waals surface area contributed by atoms with Crippen LogP contribution in [0.5, 0.6) is 5.88 Å². The smallest absolute Gasteiger partial charge is 0.255 e. The molecule has 5 nitrogen and oxygen atoms in total. The lowest BCUT2D eigenvalue weighted by Gasteiger charge is -2.36. The summed E-state index contributed by atoms with van der Waals surface area (Å²) < 4.78 is 5.86. The van der Waals surface area contributed by atoms with E-state index in [1.807, 2.05) is 47.0 Å². The fourth-order valence-corrected chi connectivity index (χ4v) is 4.44. The summed E-state index contributed by atoms with van der Waals surface area (Å²) in [6.45, 7) is 3.16. The number of carbonyl (C=O) groups is 1. The zero-order chi connectivity index (χ0) is 17.8. The minimum Gasteiger partial charge on any atom is -0.473 e. The highest BCUT2D eigenvalue weighted by atomic mass is 32.2. The number of aromatic nitrogens is 1. The molecule has 1 atom stereocenters. The van der Waals surface area contributed by atoms with Gasteiger partial charge in [-0.05, 0) is 30.4 Å². The third kappa shape index (κ3) is 3.96. The molecule has 2 aromatic rings. The van der Waals surface area contributed by atoms with Gasteiger partial charge in [-0.15, -0.1) is 0 Å². The number of carbonyl (C=O) groups excluding carboxylic acids is 1. The Balaban J connectivity index is 1.33. The maximum absolute atomic E-state index is 12.7. The standard InChI is InChI=1S/C20H23N3O2S/c24-20(16-6-7-19(21-14-16)25-18-8-13-26-15-18)23-11-9-22(10-12-23)17-4-2-1-3-5-17/h1-7,14,18H,8-13,15H2. The second kappa shape index (κ2) is 7.99. The van der Waals surface area contributed by atoms with Crippen molar-refractivity contribution in [3.63, 3.8) is 0 Å². The van der Waals surface area contributed by atoms with Gasteiger partial charge in [0.2, 0.25) is 5.88 Å². The third-order valence-electron chi connectivity index (χ3n) is 4.85. The number of pyridine rings is 1. The van der Waals surface area contributed by atoms with Gasteiger partial charge in [0, 0.05) is 49.9 Å². The lowest BCUT2D eigenvalue weighted by Crippen LogP contribution is -2.48. The van der Waals surface area contributed by atoms with Crippen molar-refractivity contribution in [2.45, 2.75) is 12.5 Å². The molecule has 136 valence electrons. The first kappa shape index (κ1) is 17.2. The molecule has 2 fully saturated rings. The van der Waals surface area contributed by atoms with Crippen LogP contribution in [0.3, 0.4) is 0 Å². The molecular weight excluding hydrogens is 346 g/mol. The van der Waals surface area contributed by atoms with Gasteiger partial charge in [-0.2, -0.15) is 11.8 Å². The lowest BCUT2D eigenvalue weighted by atomic mass is 10.2. The maximum Gasteiger partial charge on any atom is 0.255 e. The van der Waals surface area contributed by atoms with Crippen molar-refractivity contribution in [1.82, 2.24) is 9.88 Å². The summed E-state index contributed by atoms with van der Waals surface area (Å²) >= 11 is 1.91. The predicted molar refractivity (Wildman–Crippen MR) is 105 cm³/mol. The van der Waals surface area contributed by atoms with E-state index in [9.17, 15) is 4.79 Å².